The van der Waals surface area contributed by atoms with E-state index >= 15 is 0 Å². The Bertz CT molecular complexity index is 1160. The highest BCUT2D eigenvalue weighted by Gasteiger charge is 2.30. The highest BCUT2D eigenvalue weighted by atomic mass is 32.2. The van der Waals surface area contributed by atoms with Crippen molar-refractivity contribution in [3.05, 3.63) is 71.9 Å². The molecule has 4 rings (SSSR count). The van der Waals surface area contributed by atoms with Crippen molar-refractivity contribution in [3.8, 4) is 5.75 Å². The number of aromatic nitrogens is 1. The Labute approximate surface area is 192 Å². The number of rotatable bonds is 6. The quantitative estimate of drug-likeness (QED) is 0.564. The highest BCUT2D eigenvalue weighted by molar-refractivity contribution is 7.99. The van der Waals surface area contributed by atoms with Crippen LogP contribution in [0.25, 0.3) is 0 Å². The summed E-state index contributed by atoms with van der Waals surface area (Å²) in [5.74, 6) is 0.638. The second-order valence-corrected chi connectivity index (χ2v) is 8.80. The summed E-state index contributed by atoms with van der Waals surface area (Å²) in [5, 5.41) is 3.65. The molecule has 7 heteroatoms. The molecule has 0 bridgehead atoms. The van der Waals surface area contributed by atoms with E-state index in [4.69, 9.17) is 4.74 Å². The van der Waals surface area contributed by atoms with E-state index in [0.29, 0.717) is 29.1 Å². The fourth-order valence-electron chi connectivity index (χ4n) is 3.74. The third-order valence-electron chi connectivity index (χ3n) is 5.26. The van der Waals surface area contributed by atoms with Crippen molar-refractivity contribution in [2.75, 3.05) is 17.3 Å². The summed E-state index contributed by atoms with van der Waals surface area (Å²) in [5.41, 5.74) is 3.10. The SMILES string of the molecule is COc1ccccc1CCC(=O)Nc1ccc2c(c1)Sc1ncccc1C(=O)N2C(C)C. The lowest BCUT2D eigenvalue weighted by Crippen LogP contribution is -2.37. The molecule has 0 spiro atoms. The predicted octanol–water partition coefficient (Wildman–Crippen LogP) is 5.18. The highest BCUT2D eigenvalue weighted by Crippen LogP contribution is 2.42. The van der Waals surface area contributed by atoms with Crippen molar-refractivity contribution in [1.82, 2.24) is 4.98 Å². The fourth-order valence-corrected chi connectivity index (χ4v) is 4.79. The molecule has 0 radical (unpaired) electrons. The molecule has 3 aromatic rings. The zero-order valence-corrected chi connectivity index (χ0v) is 19.1. The van der Waals surface area contributed by atoms with E-state index in [-0.39, 0.29) is 17.9 Å². The summed E-state index contributed by atoms with van der Waals surface area (Å²) in [7, 11) is 1.63. The van der Waals surface area contributed by atoms with Crippen LogP contribution < -0.4 is 15.0 Å². The van der Waals surface area contributed by atoms with Crippen molar-refractivity contribution in [3.63, 3.8) is 0 Å². The second kappa shape index (κ2) is 9.44. The molecule has 6 nitrogen and oxygen atoms in total. The smallest absolute Gasteiger partial charge is 0.261 e. The average molecular weight is 448 g/mol. The zero-order valence-electron chi connectivity index (χ0n) is 18.3. The molecule has 2 heterocycles. The van der Waals surface area contributed by atoms with Crippen molar-refractivity contribution >= 4 is 35.0 Å². The third kappa shape index (κ3) is 4.48. The van der Waals surface area contributed by atoms with E-state index in [1.165, 1.54) is 11.8 Å². The first-order chi connectivity index (χ1) is 15.5. The molecular formula is C25H25N3O3S. The van der Waals surface area contributed by atoms with Gasteiger partial charge in [0.25, 0.3) is 5.91 Å². The number of ether oxygens (including phenoxy) is 1. The van der Waals surface area contributed by atoms with E-state index < -0.39 is 0 Å². The van der Waals surface area contributed by atoms with Gasteiger partial charge in [-0.3, -0.25) is 9.59 Å². The van der Waals surface area contributed by atoms with E-state index in [2.05, 4.69) is 10.3 Å². The normalized spacial score (nSPS) is 12.8. The average Bonchev–Trinajstić information content (AvgIpc) is 2.91. The number of aryl methyl sites for hydroxylation is 1. The molecule has 0 atom stereocenters. The predicted molar refractivity (Wildman–Crippen MR) is 127 cm³/mol. The number of hydrogen-bond donors (Lipinski definition) is 1. The lowest BCUT2D eigenvalue weighted by Gasteiger charge is -2.27. The molecule has 1 aromatic heterocycles. The van der Waals surface area contributed by atoms with Crippen molar-refractivity contribution < 1.29 is 14.3 Å². The van der Waals surface area contributed by atoms with Crippen LogP contribution in [0.2, 0.25) is 0 Å². The lowest BCUT2D eigenvalue weighted by atomic mass is 10.1. The molecule has 0 saturated heterocycles. The van der Waals surface area contributed by atoms with Gasteiger partial charge in [0.1, 0.15) is 10.8 Å². The van der Waals surface area contributed by atoms with Crippen LogP contribution in [0.5, 0.6) is 5.75 Å². The van der Waals surface area contributed by atoms with Crippen LogP contribution in [0.4, 0.5) is 11.4 Å². The van der Waals surface area contributed by atoms with Crippen LogP contribution in [0.15, 0.2) is 70.7 Å². The molecule has 2 aromatic carbocycles. The summed E-state index contributed by atoms with van der Waals surface area (Å²) in [6, 6.07) is 16.9. The van der Waals surface area contributed by atoms with Gasteiger partial charge in [-0.15, -0.1) is 0 Å². The van der Waals surface area contributed by atoms with Gasteiger partial charge in [0.15, 0.2) is 0 Å². The Morgan fingerprint density at radius 3 is 2.75 bits per heavy atom. The van der Waals surface area contributed by atoms with Crippen molar-refractivity contribution in [1.29, 1.82) is 0 Å². The molecule has 0 saturated carbocycles. The molecule has 1 aliphatic rings. The van der Waals surface area contributed by atoms with Crippen LogP contribution in [0.3, 0.4) is 0 Å². The summed E-state index contributed by atoms with van der Waals surface area (Å²) in [6.45, 7) is 3.97. The monoisotopic (exact) mass is 447 g/mol. The molecule has 1 N–H and O–H groups in total. The van der Waals surface area contributed by atoms with Crippen molar-refractivity contribution in [2.45, 2.75) is 42.7 Å². The van der Waals surface area contributed by atoms with E-state index in [0.717, 1.165) is 21.9 Å². The number of pyridine rings is 1. The van der Waals surface area contributed by atoms with Crippen LogP contribution in [0.1, 0.15) is 36.2 Å². The first kappa shape index (κ1) is 21.9. The minimum Gasteiger partial charge on any atom is -0.496 e. The number of nitrogens with one attached hydrogen (secondary N) is 1. The van der Waals surface area contributed by atoms with Gasteiger partial charge in [-0.2, -0.15) is 0 Å². The summed E-state index contributed by atoms with van der Waals surface area (Å²) in [6.07, 6.45) is 2.61. The maximum Gasteiger partial charge on any atom is 0.261 e. The number of carbonyl (C=O) groups excluding carboxylic acids is 2. The Kier molecular flexibility index (Phi) is 6.46. The van der Waals surface area contributed by atoms with Gasteiger partial charge in [0, 0.05) is 29.2 Å². The summed E-state index contributed by atoms with van der Waals surface area (Å²) < 4.78 is 5.36. The molecule has 32 heavy (non-hydrogen) atoms. The Hall–Kier alpha value is -3.32. The van der Waals surface area contributed by atoms with Gasteiger partial charge in [0.2, 0.25) is 5.91 Å². The first-order valence-electron chi connectivity index (χ1n) is 10.5. The number of anilines is 2. The van der Waals surface area contributed by atoms with E-state index in [1.807, 2.05) is 56.3 Å². The molecule has 2 amide bonds. The first-order valence-corrected chi connectivity index (χ1v) is 11.3. The van der Waals surface area contributed by atoms with Crippen LogP contribution in [0, 0.1) is 0 Å². The number of fused-ring (bicyclic) bond motifs is 2. The number of carbonyl (C=O) groups is 2. The maximum absolute atomic E-state index is 13.2. The van der Waals surface area contributed by atoms with Gasteiger partial charge >= 0.3 is 0 Å². The minimum absolute atomic E-state index is 0.0192. The lowest BCUT2D eigenvalue weighted by molar-refractivity contribution is -0.116. The van der Waals surface area contributed by atoms with Crippen LogP contribution in [-0.2, 0) is 11.2 Å². The molecule has 0 aliphatic carbocycles. The molecular weight excluding hydrogens is 422 g/mol. The Balaban J connectivity index is 1.55. The summed E-state index contributed by atoms with van der Waals surface area (Å²) in [4.78, 5) is 32.8. The third-order valence-corrected chi connectivity index (χ3v) is 6.33. The number of hydrogen-bond acceptors (Lipinski definition) is 5. The number of para-hydroxylation sites is 1. The van der Waals surface area contributed by atoms with Gasteiger partial charge < -0.3 is 15.0 Å². The minimum atomic E-state index is -0.0789. The van der Waals surface area contributed by atoms with E-state index in [9.17, 15) is 9.59 Å². The topological polar surface area (TPSA) is 71.5 Å². The number of methoxy groups -OCH3 is 1. The molecule has 164 valence electrons. The van der Waals surface area contributed by atoms with Gasteiger partial charge in [-0.1, -0.05) is 30.0 Å². The van der Waals surface area contributed by atoms with Gasteiger partial charge in [-0.05, 0) is 62.2 Å². The molecule has 0 unspecified atom stereocenters. The Morgan fingerprint density at radius 2 is 1.97 bits per heavy atom. The van der Waals surface area contributed by atoms with Gasteiger partial charge in [0.05, 0.1) is 18.4 Å². The fraction of sp³-hybridized carbons (Fsp3) is 0.240. The number of benzene rings is 2. The zero-order chi connectivity index (χ0) is 22.7. The summed E-state index contributed by atoms with van der Waals surface area (Å²) >= 11 is 1.44. The van der Waals surface area contributed by atoms with Gasteiger partial charge in [-0.25, -0.2) is 4.98 Å². The van der Waals surface area contributed by atoms with Crippen LogP contribution >= 0.6 is 11.8 Å². The van der Waals surface area contributed by atoms with E-state index in [1.54, 1.807) is 30.3 Å². The molecule has 0 fully saturated rings. The number of amides is 2. The molecule has 1 aliphatic heterocycles. The van der Waals surface area contributed by atoms with Crippen LogP contribution in [-0.4, -0.2) is 29.9 Å². The Morgan fingerprint density at radius 1 is 1.16 bits per heavy atom. The standard InChI is InChI=1S/C25H25N3O3S/c1-16(2)28-20-12-11-18(15-22(20)32-24-19(25(28)30)8-6-14-26-24)27-23(29)13-10-17-7-4-5-9-21(17)31-3/h4-9,11-12,14-16H,10,13H2,1-3H3,(H,27,29). The van der Waals surface area contributed by atoms with Crippen molar-refractivity contribution in [2.24, 2.45) is 0 Å². The second-order valence-electron chi connectivity index (χ2n) is 7.77. The number of nitrogens with zero attached hydrogens (tertiary/aromatic N) is 2. The largest absolute Gasteiger partial charge is 0.496 e. The maximum atomic E-state index is 13.2.